The van der Waals surface area contributed by atoms with E-state index in [0.717, 1.165) is 24.8 Å². The number of rotatable bonds is 4. The number of carbonyl (C=O) groups is 1. The van der Waals surface area contributed by atoms with E-state index in [9.17, 15) is 4.79 Å². The molecule has 1 aliphatic heterocycles. The molecule has 3 nitrogen and oxygen atoms in total. The molecule has 4 rings (SSSR count). The highest BCUT2D eigenvalue weighted by Crippen LogP contribution is 2.36. The van der Waals surface area contributed by atoms with Crippen LogP contribution in [-0.4, -0.2) is 19.1 Å². The van der Waals surface area contributed by atoms with E-state index in [-0.39, 0.29) is 11.9 Å². The summed E-state index contributed by atoms with van der Waals surface area (Å²) in [7, 11) is 0. The zero-order valence-electron chi connectivity index (χ0n) is 16.2. The van der Waals surface area contributed by atoms with Crippen LogP contribution in [0.1, 0.15) is 60.9 Å². The van der Waals surface area contributed by atoms with Crippen molar-refractivity contribution in [2.24, 2.45) is 0 Å². The molecule has 1 atom stereocenters. The minimum absolute atomic E-state index is 0.00755. The summed E-state index contributed by atoms with van der Waals surface area (Å²) in [6.45, 7) is 3.37. The van der Waals surface area contributed by atoms with Crippen molar-refractivity contribution < 1.29 is 9.53 Å². The molecule has 1 amide bonds. The molecule has 27 heavy (non-hydrogen) atoms. The Hall–Kier alpha value is -2.13. The summed E-state index contributed by atoms with van der Waals surface area (Å²) in [5.41, 5.74) is 4.77. The summed E-state index contributed by atoms with van der Waals surface area (Å²) < 4.78 is 5.57. The molecule has 0 unspecified atom stereocenters. The fraction of sp³-hybridized carbons (Fsp3) is 0.458. The fourth-order valence-electron chi connectivity index (χ4n) is 4.56. The van der Waals surface area contributed by atoms with Crippen LogP contribution < -0.4 is 5.32 Å². The highest BCUT2D eigenvalue weighted by molar-refractivity contribution is 5.88. The van der Waals surface area contributed by atoms with Gasteiger partial charge in [0.2, 0.25) is 5.91 Å². The van der Waals surface area contributed by atoms with Crippen LogP contribution in [0.2, 0.25) is 0 Å². The van der Waals surface area contributed by atoms with Crippen molar-refractivity contribution in [3.8, 4) is 0 Å². The van der Waals surface area contributed by atoms with Crippen LogP contribution in [0.15, 0.2) is 48.5 Å². The Morgan fingerprint density at radius 1 is 1.00 bits per heavy atom. The van der Waals surface area contributed by atoms with Crippen LogP contribution in [0.25, 0.3) is 0 Å². The lowest BCUT2D eigenvalue weighted by Crippen LogP contribution is -2.48. The predicted octanol–water partition coefficient (Wildman–Crippen LogP) is 4.49. The third-order valence-corrected chi connectivity index (χ3v) is 6.33. The first-order valence-corrected chi connectivity index (χ1v) is 10.2. The normalized spacial score (nSPS) is 19.7. The van der Waals surface area contributed by atoms with Gasteiger partial charge in [0.25, 0.3) is 0 Å². The number of aryl methyl sites for hydroxylation is 2. The Labute approximate surface area is 162 Å². The van der Waals surface area contributed by atoms with Gasteiger partial charge in [0.1, 0.15) is 0 Å². The Morgan fingerprint density at radius 3 is 2.44 bits per heavy atom. The topological polar surface area (TPSA) is 38.3 Å². The molecular formula is C24H29NO2. The zero-order chi connectivity index (χ0) is 18.7. The van der Waals surface area contributed by atoms with Crippen molar-refractivity contribution in [1.82, 2.24) is 5.32 Å². The minimum atomic E-state index is -0.484. The molecule has 0 aromatic heterocycles. The molecule has 0 spiro atoms. The Bertz CT molecular complexity index is 793. The van der Waals surface area contributed by atoms with Gasteiger partial charge in [0.05, 0.1) is 11.5 Å². The second-order valence-corrected chi connectivity index (χ2v) is 7.99. The van der Waals surface area contributed by atoms with Crippen LogP contribution in [0.4, 0.5) is 0 Å². The van der Waals surface area contributed by atoms with Crippen LogP contribution in [0, 0.1) is 0 Å². The molecule has 0 radical (unpaired) electrons. The maximum absolute atomic E-state index is 13.4. The molecule has 142 valence electrons. The summed E-state index contributed by atoms with van der Waals surface area (Å²) in [5.74, 6) is 0.127. The van der Waals surface area contributed by atoms with Crippen molar-refractivity contribution in [1.29, 1.82) is 0 Å². The number of benzene rings is 2. The average Bonchev–Trinajstić information content (AvgIpc) is 2.74. The lowest BCUT2D eigenvalue weighted by molar-refractivity contribution is -0.131. The maximum atomic E-state index is 13.4. The SMILES string of the molecule is C[C@@H](NC(=O)C1(c2ccccc2)CCOCC1)c1ccc2c(c1)CCCC2. The summed E-state index contributed by atoms with van der Waals surface area (Å²) in [5, 5.41) is 3.32. The molecule has 1 N–H and O–H groups in total. The van der Waals surface area contributed by atoms with Crippen molar-refractivity contribution in [2.45, 2.75) is 56.9 Å². The minimum Gasteiger partial charge on any atom is -0.381 e. The largest absolute Gasteiger partial charge is 0.381 e. The van der Waals surface area contributed by atoms with E-state index in [1.807, 2.05) is 18.2 Å². The molecule has 1 fully saturated rings. The zero-order valence-corrected chi connectivity index (χ0v) is 16.2. The molecular weight excluding hydrogens is 334 g/mol. The molecule has 2 aromatic rings. The van der Waals surface area contributed by atoms with Gasteiger partial charge >= 0.3 is 0 Å². The quantitative estimate of drug-likeness (QED) is 0.869. The van der Waals surface area contributed by atoms with Crippen LogP contribution in [0.5, 0.6) is 0 Å². The highest BCUT2D eigenvalue weighted by atomic mass is 16.5. The number of hydrogen-bond acceptors (Lipinski definition) is 2. The average molecular weight is 364 g/mol. The Balaban J connectivity index is 1.56. The van der Waals surface area contributed by atoms with E-state index in [1.54, 1.807) is 0 Å². The van der Waals surface area contributed by atoms with Crippen LogP contribution in [-0.2, 0) is 27.8 Å². The third-order valence-electron chi connectivity index (χ3n) is 6.33. The smallest absolute Gasteiger partial charge is 0.231 e. The standard InChI is InChI=1S/C24H29NO2/c1-18(20-12-11-19-7-5-6-8-21(19)17-20)25-23(26)24(13-15-27-16-14-24)22-9-3-2-4-10-22/h2-4,9-12,17-18H,5-8,13-16H2,1H3,(H,25,26)/t18-/m1/s1. The monoisotopic (exact) mass is 363 g/mol. The van der Waals surface area contributed by atoms with Crippen molar-refractivity contribution >= 4 is 5.91 Å². The van der Waals surface area contributed by atoms with Gasteiger partial charge in [0.15, 0.2) is 0 Å². The Kier molecular flexibility index (Phi) is 5.31. The second-order valence-electron chi connectivity index (χ2n) is 7.99. The van der Waals surface area contributed by atoms with Gasteiger partial charge in [-0.3, -0.25) is 4.79 Å². The lowest BCUT2D eigenvalue weighted by Gasteiger charge is -2.37. The number of hydrogen-bond donors (Lipinski definition) is 1. The number of carbonyl (C=O) groups excluding carboxylic acids is 1. The molecule has 0 bridgehead atoms. The van der Waals surface area contributed by atoms with Gasteiger partial charge in [0, 0.05) is 13.2 Å². The van der Waals surface area contributed by atoms with Gasteiger partial charge in [-0.25, -0.2) is 0 Å². The lowest BCUT2D eigenvalue weighted by atomic mass is 9.73. The summed E-state index contributed by atoms with van der Waals surface area (Å²) in [6, 6.07) is 17.0. The van der Waals surface area contributed by atoms with E-state index >= 15 is 0 Å². The molecule has 3 heteroatoms. The highest BCUT2D eigenvalue weighted by Gasteiger charge is 2.42. The maximum Gasteiger partial charge on any atom is 0.231 e. The second kappa shape index (κ2) is 7.85. The van der Waals surface area contributed by atoms with Gasteiger partial charge in [-0.2, -0.15) is 0 Å². The van der Waals surface area contributed by atoms with E-state index < -0.39 is 5.41 Å². The third kappa shape index (κ3) is 3.66. The van der Waals surface area contributed by atoms with Gasteiger partial charge in [-0.05, 0) is 67.7 Å². The molecule has 2 aliphatic rings. The van der Waals surface area contributed by atoms with E-state index in [1.165, 1.54) is 36.0 Å². The fourth-order valence-corrected chi connectivity index (χ4v) is 4.56. The van der Waals surface area contributed by atoms with Crippen LogP contribution >= 0.6 is 0 Å². The molecule has 2 aromatic carbocycles. The van der Waals surface area contributed by atoms with E-state index in [4.69, 9.17) is 4.74 Å². The first kappa shape index (κ1) is 18.2. The number of nitrogens with one attached hydrogen (secondary N) is 1. The molecule has 1 saturated heterocycles. The summed E-state index contributed by atoms with van der Waals surface area (Å²) in [4.78, 5) is 13.4. The molecule has 1 aliphatic carbocycles. The van der Waals surface area contributed by atoms with Gasteiger partial charge in [-0.1, -0.05) is 48.5 Å². The first-order valence-electron chi connectivity index (χ1n) is 10.2. The van der Waals surface area contributed by atoms with Gasteiger partial charge < -0.3 is 10.1 Å². The van der Waals surface area contributed by atoms with Crippen molar-refractivity contribution in [3.63, 3.8) is 0 Å². The predicted molar refractivity (Wildman–Crippen MR) is 108 cm³/mol. The van der Waals surface area contributed by atoms with Gasteiger partial charge in [-0.15, -0.1) is 0 Å². The first-order chi connectivity index (χ1) is 13.2. The summed E-state index contributed by atoms with van der Waals surface area (Å²) >= 11 is 0. The molecule has 0 saturated carbocycles. The van der Waals surface area contributed by atoms with E-state index in [0.29, 0.717) is 13.2 Å². The summed E-state index contributed by atoms with van der Waals surface area (Å²) in [6.07, 6.45) is 6.39. The Morgan fingerprint density at radius 2 is 1.70 bits per heavy atom. The number of ether oxygens (including phenoxy) is 1. The van der Waals surface area contributed by atoms with Crippen molar-refractivity contribution in [3.05, 3.63) is 70.8 Å². The van der Waals surface area contributed by atoms with Crippen LogP contribution in [0.3, 0.4) is 0 Å². The van der Waals surface area contributed by atoms with E-state index in [2.05, 4.69) is 42.6 Å². The molecule has 1 heterocycles. The number of fused-ring (bicyclic) bond motifs is 1. The van der Waals surface area contributed by atoms with Crippen molar-refractivity contribution in [2.75, 3.05) is 13.2 Å². The number of amides is 1.